The van der Waals surface area contributed by atoms with E-state index in [2.05, 4.69) is 15.2 Å². The van der Waals surface area contributed by atoms with Crippen molar-refractivity contribution in [3.8, 4) is 17.0 Å². The number of fused-ring (bicyclic) bond motifs is 1. The molecule has 0 saturated carbocycles. The van der Waals surface area contributed by atoms with Gasteiger partial charge in [-0.05, 0) is 50.6 Å². The number of pyridine rings is 1. The number of amides is 1. The maximum absolute atomic E-state index is 13.5. The molecule has 1 N–H and O–H groups in total. The van der Waals surface area contributed by atoms with E-state index >= 15 is 0 Å². The Hall–Kier alpha value is -3.93. The van der Waals surface area contributed by atoms with E-state index in [0.29, 0.717) is 28.8 Å². The normalized spacial score (nSPS) is 17.0. The summed E-state index contributed by atoms with van der Waals surface area (Å²) in [5.74, 6) is -0.936. The van der Waals surface area contributed by atoms with E-state index < -0.39 is 33.9 Å². The Morgan fingerprint density at radius 3 is 2.37 bits per heavy atom. The van der Waals surface area contributed by atoms with Crippen molar-refractivity contribution in [2.24, 2.45) is 0 Å². The fourth-order valence-corrected chi connectivity index (χ4v) is 6.22. The van der Waals surface area contributed by atoms with Crippen molar-refractivity contribution in [3.63, 3.8) is 0 Å². The minimum Gasteiger partial charge on any atom is -0.406 e. The van der Waals surface area contributed by atoms with Crippen LogP contribution < -0.4 is 10.1 Å². The lowest BCUT2D eigenvalue weighted by molar-refractivity contribution is -0.274. The van der Waals surface area contributed by atoms with Gasteiger partial charge in [-0.25, -0.2) is 18.1 Å². The third-order valence-corrected chi connectivity index (χ3v) is 8.08. The number of nitrogens with zero attached hydrogens (tertiary/aromatic N) is 3. The highest BCUT2D eigenvalue weighted by Crippen LogP contribution is 2.33. The fourth-order valence-electron chi connectivity index (χ4n) is 4.53. The highest BCUT2D eigenvalue weighted by molar-refractivity contribution is 7.91. The maximum Gasteiger partial charge on any atom is 0.573 e. The molecule has 1 atom stereocenters. The summed E-state index contributed by atoms with van der Waals surface area (Å²) in [4.78, 5) is 18.3. The first kappa shape index (κ1) is 25.7. The van der Waals surface area contributed by atoms with Crippen LogP contribution in [0.4, 0.5) is 18.9 Å². The number of sulfone groups is 1. The van der Waals surface area contributed by atoms with E-state index in [1.807, 2.05) is 31.2 Å². The zero-order valence-corrected chi connectivity index (χ0v) is 21.2. The largest absolute Gasteiger partial charge is 0.573 e. The minimum atomic E-state index is -4.82. The van der Waals surface area contributed by atoms with Crippen LogP contribution in [0.2, 0.25) is 0 Å². The predicted octanol–water partition coefficient (Wildman–Crippen LogP) is 5.23. The summed E-state index contributed by atoms with van der Waals surface area (Å²) in [6.45, 7) is 3.67. The molecule has 1 aliphatic rings. The monoisotopic (exact) mass is 544 g/mol. The van der Waals surface area contributed by atoms with Gasteiger partial charge in [-0.15, -0.1) is 13.2 Å². The molecule has 0 bridgehead atoms. The third kappa shape index (κ3) is 5.35. The fraction of sp³-hybridized carbons (Fsp3) is 0.269. The van der Waals surface area contributed by atoms with Crippen LogP contribution in [0, 0.1) is 13.8 Å². The van der Waals surface area contributed by atoms with Crippen molar-refractivity contribution in [3.05, 3.63) is 71.4 Å². The molecule has 38 heavy (non-hydrogen) atoms. The molecule has 5 rings (SSSR count). The first-order chi connectivity index (χ1) is 17.9. The van der Waals surface area contributed by atoms with Crippen LogP contribution >= 0.6 is 0 Å². The van der Waals surface area contributed by atoms with Crippen LogP contribution in [0.15, 0.2) is 54.6 Å². The van der Waals surface area contributed by atoms with Crippen molar-refractivity contribution in [2.75, 3.05) is 16.8 Å². The van der Waals surface area contributed by atoms with Gasteiger partial charge in [0.25, 0.3) is 5.91 Å². The number of aromatic nitrogens is 3. The predicted molar refractivity (Wildman–Crippen MR) is 136 cm³/mol. The minimum absolute atomic E-state index is 0.0527. The molecule has 1 amide bonds. The Balaban J connectivity index is 1.57. The molecule has 0 radical (unpaired) electrons. The SMILES string of the molecule is Cc1ccc(-c2cc(C(=O)Nc3ccc(OC(F)(F)F)cc3)c3c(C)nn(C4CCS(=O)(=O)C4)c3n2)cc1. The summed E-state index contributed by atoms with van der Waals surface area (Å²) in [7, 11) is -3.20. The van der Waals surface area contributed by atoms with Gasteiger partial charge in [-0.3, -0.25) is 4.79 Å². The smallest absolute Gasteiger partial charge is 0.406 e. The number of aryl methyl sites for hydroxylation is 2. The molecular weight excluding hydrogens is 521 g/mol. The second-order valence-corrected chi connectivity index (χ2v) is 11.5. The number of rotatable bonds is 5. The van der Waals surface area contributed by atoms with Crippen molar-refractivity contribution in [1.82, 2.24) is 14.8 Å². The molecule has 2 aromatic heterocycles. The number of nitrogens with one attached hydrogen (secondary N) is 1. The quantitative estimate of drug-likeness (QED) is 0.369. The van der Waals surface area contributed by atoms with E-state index in [0.717, 1.165) is 23.3 Å². The van der Waals surface area contributed by atoms with E-state index in [9.17, 15) is 26.4 Å². The average Bonchev–Trinajstić information content (AvgIpc) is 3.38. The van der Waals surface area contributed by atoms with Crippen molar-refractivity contribution >= 4 is 32.5 Å². The molecule has 1 fully saturated rings. The first-order valence-electron chi connectivity index (χ1n) is 11.7. The Kier molecular flexibility index (Phi) is 6.38. The van der Waals surface area contributed by atoms with Crippen LogP contribution in [0.3, 0.4) is 0 Å². The highest BCUT2D eigenvalue weighted by atomic mass is 32.2. The van der Waals surface area contributed by atoms with E-state index in [1.165, 1.54) is 12.1 Å². The molecule has 1 unspecified atom stereocenters. The molecule has 198 valence electrons. The van der Waals surface area contributed by atoms with Gasteiger partial charge in [-0.1, -0.05) is 29.8 Å². The third-order valence-electron chi connectivity index (χ3n) is 6.33. The number of carbonyl (C=O) groups excluding carboxylic acids is 1. The lowest BCUT2D eigenvalue weighted by Crippen LogP contribution is -2.17. The molecule has 3 heterocycles. The van der Waals surface area contributed by atoms with Gasteiger partial charge >= 0.3 is 6.36 Å². The van der Waals surface area contributed by atoms with Crippen molar-refractivity contribution in [2.45, 2.75) is 32.7 Å². The summed E-state index contributed by atoms with van der Waals surface area (Å²) in [5.41, 5.74) is 3.71. The second-order valence-electron chi connectivity index (χ2n) is 9.23. The summed E-state index contributed by atoms with van der Waals surface area (Å²) in [6.07, 6.45) is -4.43. The summed E-state index contributed by atoms with van der Waals surface area (Å²) in [6, 6.07) is 13.6. The molecule has 1 saturated heterocycles. The van der Waals surface area contributed by atoms with Crippen LogP contribution in [0.1, 0.15) is 34.1 Å². The van der Waals surface area contributed by atoms with Crippen LogP contribution in [0.25, 0.3) is 22.3 Å². The van der Waals surface area contributed by atoms with Gasteiger partial charge in [0.2, 0.25) is 0 Å². The molecular formula is C26H23F3N4O4S. The zero-order chi connectivity index (χ0) is 27.2. The number of halogens is 3. The van der Waals surface area contributed by atoms with Gasteiger partial charge < -0.3 is 10.1 Å². The summed E-state index contributed by atoms with van der Waals surface area (Å²) >= 11 is 0. The molecule has 1 aliphatic heterocycles. The zero-order valence-electron chi connectivity index (χ0n) is 20.4. The van der Waals surface area contributed by atoms with Gasteiger partial charge in [0, 0.05) is 11.3 Å². The molecule has 2 aromatic carbocycles. The molecule has 0 spiro atoms. The summed E-state index contributed by atoms with van der Waals surface area (Å²) < 4.78 is 67.2. The summed E-state index contributed by atoms with van der Waals surface area (Å²) in [5, 5.41) is 7.75. The van der Waals surface area contributed by atoms with Crippen LogP contribution in [-0.2, 0) is 9.84 Å². The van der Waals surface area contributed by atoms with Crippen molar-refractivity contribution in [1.29, 1.82) is 0 Å². The van der Waals surface area contributed by atoms with Crippen LogP contribution in [-0.4, -0.2) is 47.0 Å². The topological polar surface area (TPSA) is 103 Å². The second kappa shape index (κ2) is 9.43. The average molecular weight is 545 g/mol. The number of carbonyl (C=O) groups is 1. The van der Waals surface area contributed by atoms with E-state index in [1.54, 1.807) is 17.7 Å². The standard InChI is InChI=1S/C26H23F3N4O4S/c1-15-3-5-17(6-4-15)22-13-21(25(34)30-18-7-9-20(10-8-18)37-26(27,28)29)23-16(2)32-33(24(23)31-22)19-11-12-38(35,36)14-19/h3-10,13,19H,11-12,14H2,1-2H3,(H,30,34). The molecule has 4 aromatic rings. The molecule has 12 heteroatoms. The number of hydrogen-bond donors (Lipinski definition) is 1. The Morgan fingerprint density at radius 2 is 1.76 bits per heavy atom. The van der Waals surface area contributed by atoms with E-state index in [4.69, 9.17) is 4.98 Å². The van der Waals surface area contributed by atoms with Crippen LogP contribution in [0.5, 0.6) is 5.75 Å². The lowest BCUT2D eigenvalue weighted by atomic mass is 10.0. The number of hydrogen-bond acceptors (Lipinski definition) is 6. The van der Waals surface area contributed by atoms with Crippen molar-refractivity contribution < 1.29 is 31.1 Å². The maximum atomic E-state index is 13.5. The van der Waals surface area contributed by atoms with Gasteiger partial charge in [-0.2, -0.15) is 5.10 Å². The highest BCUT2D eigenvalue weighted by Gasteiger charge is 2.33. The molecule has 8 nitrogen and oxygen atoms in total. The Morgan fingerprint density at radius 1 is 1.08 bits per heavy atom. The Bertz CT molecular complexity index is 1630. The first-order valence-corrected chi connectivity index (χ1v) is 13.6. The number of benzene rings is 2. The Labute approximate surface area is 216 Å². The van der Waals surface area contributed by atoms with Gasteiger partial charge in [0.1, 0.15) is 5.75 Å². The van der Waals surface area contributed by atoms with Gasteiger partial charge in [0.15, 0.2) is 15.5 Å². The number of alkyl halides is 3. The van der Waals surface area contributed by atoms with Gasteiger partial charge in [0.05, 0.1) is 39.9 Å². The lowest BCUT2D eigenvalue weighted by Gasteiger charge is -2.13. The number of ether oxygens (including phenoxy) is 1. The molecule has 0 aliphatic carbocycles. The number of anilines is 1. The van der Waals surface area contributed by atoms with E-state index in [-0.39, 0.29) is 22.8 Å².